The normalized spacial score (nSPS) is 18.3. The Hall–Kier alpha value is -0.0600. The van der Waals surface area contributed by atoms with Gasteiger partial charge in [-0.25, -0.2) is 0 Å². The highest BCUT2D eigenvalue weighted by Gasteiger charge is 2.27. The van der Waals surface area contributed by atoms with Crippen molar-refractivity contribution in [1.82, 2.24) is 5.16 Å². The van der Waals surface area contributed by atoms with Gasteiger partial charge < -0.3 is 4.52 Å². The Kier molecular flexibility index (Phi) is 1.25. The summed E-state index contributed by atoms with van der Waals surface area (Å²) < 4.78 is 5.83. The molecule has 1 aliphatic carbocycles. The molecule has 0 unspecified atom stereocenters. The van der Waals surface area contributed by atoms with E-state index in [-0.39, 0.29) is 0 Å². The second-order valence-corrected chi connectivity index (χ2v) is 3.36. The van der Waals surface area contributed by atoms with Gasteiger partial charge in [0.1, 0.15) is 9.96 Å². The fourth-order valence-electron chi connectivity index (χ4n) is 0.890. The number of halogens is 1. The molecule has 0 aliphatic heterocycles. The molecule has 9 heavy (non-hydrogen) atoms. The molecule has 1 aromatic heterocycles. The molecule has 0 radical (unpaired) electrons. The maximum Gasteiger partial charge on any atom is 0.147 e. The van der Waals surface area contributed by atoms with Gasteiger partial charge >= 0.3 is 0 Å². The minimum absolute atomic E-state index is 0.767. The molecular formula is C6H6INO. The van der Waals surface area contributed by atoms with Crippen LogP contribution in [0.4, 0.5) is 0 Å². The van der Waals surface area contributed by atoms with E-state index in [1.165, 1.54) is 18.4 Å². The molecule has 3 heteroatoms. The van der Waals surface area contributed by atoms with Crippen molar-refractivity contribution in [1.29, 1.82) is 0 Å². The molecule has 1 aromatic rings. The Balaban J connectivity index is 2.35. The molecule has 1 saturated carbocycles. The van der Waals surface area contributed by atoms with Crippen LogP contribution >= 0.6 is 22.6 Å². The lowest BCUT2D eigenvalue weighted by molar-refractivity contribution is 0.414. The zero-order chi connectivity index (χ0) is 6.27. The largest absolute Gasteiger partial charge is 0.363 e. The first-order valence-corrected chi connectivity index (χ1v) is 4.05. The molecule has 0 N–H and O–H groups in total. The van der Waals surface area contributed by atoms with Crippen molar-refractivity contribution in [3.05, 3.63) is 15.5 Å². The van der Waals surface area contributed by atoms with Crippen LogP contribution in [0.25, 0.3) is 0 Å². The van der Waals surface area contributed by atoms with Gasteiger partial charge in [-0.05, 0) is 41.4 Å². The summed E-state index contributed by atoms with van der Waals surface area (Å²) in [6.07, 6.45) is 4.40. The van der Waals surface area contributed by atoms with Crippen molar-refractivity contribution in [3.8, 4) is 0 Å². The lowest BCUT2D eigenvalue weighted by Gasteiger charge is -1.84. The highest BCUT2D eigenvalue weighted by atomic mass is 127. The quantitative estimate of drug-likeness (QED) is 0.697. The number of nitrogens with zero attached hydrogens (tertiary/aromatic N) is 1. The molecule has 2 rings (SSSR count). The van der Waals surface area contributed by atoms with Crippen LogP contribution in [0.2, 0.25) is 0 Å². The molecule has 1 heterocycles. The van der Waals surface area contributed by atoms with Crippen molar-refractivity contribution in [2.75, 3.05) is 0 Å². The van der Waals surface area contributed by atoms with Crippen molar-refractivity contribution in [3.63, 3.8) is 0 Å². The third-order valence-electron chi connectivity index (χ3n) is 1.57. The lowest BCUT2D eigenvalue weighted by Crippen LogP contribution is -1.77. The molecule has 0 aromatic carbocycles. The first kappa shape index (κ1) is 5.70. The van der Waals surface area contributed by atoms with E-state index in [0.29, 0.717) is 0 Å². The van der Waals surface area contributed by atoms with Gasteiger partial charge in [-0.15, -0.1) is 0 Å². The van der Waals surface area contributed by atoms with E-state index in [4.69, 9.17) is 4.52 Å². The van der Waals surface area contributed by atoms with E-state index in [0.717, 1.165) is 9.62 Å². The molecule has 0 saturated heterocycles. The predicted octanol–water partition coefficient (Wildman–Crippen LogP) is 2.16. The summed E-state index contributed by atoms with van der Waals surface area (Å²) in [6, 6.07) is 0. The fraction of sp³-hybridized carbons (Fsp3) is 0.500. The Morgan fingerprint density at radius 3 is 2.89 bits per heavy atom. The minimum Gasteiger partial charge on any atom is -0.363 e. The summed E-state index contributed by atoms with van der Waals surface area (Å²) in [7, 11) is 0. The smallest absolute Gasteiger partial charge is 0.147 e. The number of aromatic nitrogens is 1. The van der Waals surface area contributed by atoms with Crippen LogP contribution in [0.15, 0.2) is 10.8 Å². The molecule has 0 atom stereocenters. The maximum atomic E-state index is 4.79. The summed E-state index contributed by atoms with van der Waals surface area (Å²) >= 11 is 2.21. The Bertz CT molecular complexity index is 217. The summed E-state index contributed by atoms with van der Waals surface area (Å²) in [5.74, 6) is 0.767. The standard InChI is InChI=1S/C6H6INO/c7-6-5(3-9-8-6)4-1-2-4/h3-4H,1-2H2. The lowest BCUT2D eigenvalue weighted by atomic mass is 10.2. The van der Waals surface area contributed by atoms with E-state index in [1.54, 1.807) is 6.26 Å². The van der Waals surface area contributed by atoms with Gasteiger partial charge in [0, 0.05) is 5.56 Å². The number of rotatable bonds is 1. The summed E-state index contributed by atoms with van der Waals surface area (Å²) in [6.45, 7) is 0. The Morgan fingerprint density at radius 1 is 1.67 bits per heavy atom. The monoisotopic (exact) mass is 235 g/mol. The van der Waals surface area contributed by atoms with Crippen LogP contribution in [0.5, 0.6) is 0 Å². The maximum absolute atomic E-state index is 4.79. The van der Waals surface area contributed by atoms with Gasteiger partial charge in [0.15, 0.2) is 0 Å². The summed E-state index contributed by atoms with van der Waals surface area (Å²) in [5.41, 5.74) is 1.30. The minimum atomic E-state index is 0.767. The highest BCUT2D eigenvalue weighted by molar-refractivity contribution is 14.1. The molecular weight excluding hydrogens is 229 g/mol. The molecule has 0 amide bonds. The highest BCUT2D eigenvalue weighted by Crippen LogP contribution is 2.41. The Morgan fingerprint density at radius 2 is 2.44 bits per heavy atom. The zero-order valence-electron chi connectivity index (χ0n) is 4.80. The first-order valence-electron chi connectivity index (χ1n) is 2.97. The van der Waals surface area contributed by atoms with Crippen LogP contribution < -0.4 is 0 Å². The van der Waals surface area contributed by atoms with Crippen LogP contribution in [-0.2, 0) is 0 Å². The average molecular weight is 235 g/mol. The van der Waals surface area contributed by atoms with Gasteiger partial charge in [-0.1, -0.05) is 5.16 Å². The Labute approximate surface area is 66.7 Å². The van der Waals surface area contributed by atoms with E-state index >= 15 is 0 Å². The summed E-state index contributed by atoms with van der Waals surface area (Å²) in [5, 5.41) is 3.79. The van der Waals surface area contributed by atoms with Crippen LogP contribution in [0.3, 0.4) is 0 Å². The summed E-state index contributed by atoms with van der Waals surface area (Å²) in [4.78, 5) is 0. The van der Waals surface area contributed by atoms with Gasteiger partial charge in [0.2, 0.25) is 0 Å². The predicted molar refractivity (Wildman–Crippen MR) is 41.2 cm³/mol. The topological polar surface area (TPSA) is 26.0 Å². The third kappa shape index (κ3) is 0.976. The van der Waals surface area contributed by atoms with Crippen molar-refractivity contribution in [2.24, 2.45) is 0 Å². The molecule has 0 spiro atoms. The van der Waals surface area contributed by atoms with Gasteiger partial charge in [0.05, 0.1) is 0 Å². The van der Waals surface area contributed by atoms with Gasteiger partial charge in [-0.3, -0.25) is 0 Å². The van der Waals surface area contributed by atoms with Crippen molar-refractivity contribution < 1.29 is 4.52 Å². The third-order valence-corrected chi connectivity index (χ3v) is 2.39. The second-order valence-electron chi connectivity index (χ2n) is 2.33. The molecule has 48 valence electrons. The van der Waals surface area contributed by atoms with Crippen LogP contribution in [-0.4, -0.2) is 5.16 Å². The van der Waals surface area contributed by atoms with E-state index in [1.807, 2.05) is 0 Å². The average Bonchev–Trinajstić information content (AvgIpc) is 2.58. The molecule has 0 bridgehead atoms. The molecule has 1 fully saturated rings. The SMILES string of the molecule is Ic1nocc1C1CC1. The van der Waals surface area contributed by atoms with Crippen LogP contribution in [0, 0.1) is 3.70 Å². The van der Waals surface area contributed by atoms with Gasteiger partial charge in [0.25, 0.3) is 0 Å². The zero-order valence-corrected chi connectivity index (χ0v) is 6.96. The van der Waals surface area contributed by atoms with E-state index in [9.17, 15) is 0 Å². The number of hydrogen-bond acceptors (Lipinski definition) is 2. The van der Waals surface area contributed by atoms with Crippen LogP contribution in [0.1, 0.15) is 24.3 Å². The molecule has 2 nitrogen and oxygen atoms in total. The second kappa shape index (κ2) is 1.97. The first-order chi connectivity index (χ1) is 4.38. The fourth-order valence-corrected chi connectivity index (χ4v) is 1.57. The molecule has 1 aliphatic rings. The number of hydrogen-bond donors (Lipinski definition) is 0. The van der Waals surface area contributed by atoms with E-state index in [2.05, 4.69) is 27.7 Å². The van der Waals surface area contributed by atoms with Gasteiger partial charge in [-0.2, -0.15) is 0 Å². The van der Waals surface area contributed by atoms with E-state index < -0.39 is 0 Å². The van der Waals surface area contributed by atoms with Crippen molar-refractivity contribution in [2.45, 2.75) is 18.8 Å². The van der Waals surface area contributed by atoms with Crippen molar-refractivity contribution >= 4 is 22.6 Å².